The molecule has 0 saturated carbocycles. The molecular formula is C56H52. The molecule has 10 aromatic rings. The maximum Gasteiger partial charge on any atom is -0.0146 e. The first kappa shape index (κ1) is 38.1. The van der Waals surface area contributed by atoms with Crippen LogP contribution < -0.4 is 0 Å². The summed E-state index contributed by atoms with van der Waals surface area (Å²) in [4.78, 5) is 0. The van der Waals surface area contributed by atoms with Crippen LogP contribution in [-0.4, -0.2) is 0 Å². The lowest BCUT2D eigenvalue weighted by Crippen LogP contribution is -1.86. The smallest absolute Gasteiger partial charge is 0.0146 e. The van der Waals surface area contributed by atoms with Crippen molar-refractivity contribution in [2.75, 3.05) is 0 Å². The van der Waals surface area contributed by atoms with Gasteiger partial charge in [-0.2, -0.15) is 0 Å². The standard InChI is InChI=1S/2C16H14.2C12H12/c2*1-2-14-15-9-5-3-7-12(15)11-13-8-4-6-10-16(13)14;2*1-2-10-7-5-8-11-6-3-4-9-12(10)11/h2*3-11H,2H2,1H3;2*3-9H,2H2,1H3. The van der Waals surface area contributed by atoms with Crippen molar-refractivity contribution in [3.05, 3.63) is 216 Å². The molecule has 0 aliphatic rings. The van der Waals surface area contributed by atoms with Crippen molar-refractivity contribution in [3.63, 3.8) is 0 Å². The summed E-state index contributed by atoms with van der Waals surface area (Å²) in [6.45, 7) is 8.85. The van der Waals surface area contributed by atoms with Gasteiger partial charge in [-0.05, 0) is 125 Å². The van der Waals surface area contributed by atoms with Crippen LogP contribution in [0.4, 0.5) is 0 Å². The van der Waals surface area contributed by atoms with Gasteiger partial charge in [-0.3, -0.25) is 0 Å². The monoisotopic (exact) mass is 724 g/mol. The van der Waals surface area contributed by atoms with E-state index in [1.165, 1.54) is 86.9 Å². The first-order valence-corrected chi connectivity index (χ1v) is 20.3. The summed E-state index contributed by atoms with van der Waals surface area (Å²) < 4.78 is 0. The molecule has 0 saturated heterocycles. The van der Waals surface area contributed by atoms with Crippen molar-refractivity contribution in [2.45, 2.75) is 53.4 Å². The second-order valence-corrected chi connectivity index (χ2v) is 14.3. The van der Waals surface area contributed by atoms with Crippen LogP contribution in [0.15, 0.2) is 194 Å². The van der Waals surface area contributed by atoms with Gasteiger partial charge in [-0.15, -0.1) is 0 Å². The van der Waals surface area contributed by atoms with E-state index in [1.54, 1.807) is 0 Å². The zero-order valence-electron chi connectivity index (χ0n) is 33.3. The number of hydrogen-bond acceptors (Lipinski definition) is 0. The molecule has 0 N–H and O–H groups in total. The highest BCUT2D eigenvalue weighted by Crippen LogP contribution is 2.30. The minimum absolute atomic E-state index is 1.09. The molecule has 0 aliphatic carbocycles. The number of rotatable bonds is 4. The third-order valence-electron chi connectivity index (χ3n) is 11.0. The van der Waals surface area contributed by atoms with Gasteiger partial charge in [-0.1, -0.05) is 210 Å². The van der Waals surface area contributed by atoms with Gasteiger partial charge in [0, 0.05) is 0 Å². The Labute approximate surface area is 333 Å². The molecule has 0 atom stereocenters. The van der Waals surface area contributed by atoms with Gasteiger partial charge in [0.25, 0.3) is 0 Å². The van der Waals surface area contributed by atoms with Crippen LogP contribution in [-0.2, 0) is 25.7 Å². The average molecular weight is 725 g/mol. The van der Waals surface area contributed by atoms with Crippen molar-refractivity contribution < 1.29 is 0 Å². The van der Waals surface area contributed by atoms with E-state index >= 15 is 0 Å². The number of hydrogen-bond donors (Lipinski definition) is 0. The molecule has 0 aliphatic heterocycles. The van der Waals surface area contributed by atoms with Crippen LogP contribution in [0.25, 0.3) is 64.6 Å². The Morgan fingerprint density at radius 2 is 0.482 bits per heavy atom. The minimum Gasteiger partial charge on any atom is -0.0616 e. The predicted molar refractivity (Wildman–Crippen MR) is 248 cm³/mol. The molecule has 10 aromatic carbocycles. The van der Waals surface area contributed by atoms with Gasteiger partial charge in [0.1, 0.15) is 0 Å². The highest BCUT2D eigenvalue weighted by atomic mass is 14.1. The molecule has 276 valence electrons. The maximum absolute atomic E-state index is 2.28. The highest BCUT2D eigenvalue weighted by molar-refractivity contribution is 6.03. The molecule has 0 nitrogen and oxygen atoms in total. The van der Waals surface area contributed by atoms with Crippen molar-refractivity contribution in [1.29, 1.82) is 0 Å². The van der Waals surface area contributed by atoms with Gasteiger partial charge in [-0.25, -0.2) is 0 Å². The van der Waals surface area contributed by atoms with Gasteiger partial charge in [0.15, 0.2) is 0 Å². The SMILES string of the molecule is CCc1c2ccccc2cc2ccccc12.CCc1c2ccccc2cc2ccccc12.CCc1cccc2ccccc12.CCc1cccc2ccccc12. The second kappa shape index (κ2) is 18.4. The van der Waals surface area contributed by atoms with Gasteiger partial charge < -0.3 is 0 Å². The molecule has 0 spiro atoms. The van der Waals surface area contributed by atoms with Crippen LogP contribution >= 0.6 is 0 Å². The van der Waals surface area contributed by atoms with Crippen molar-refractivity contribution in [3.8, 4) is 0 Å². The summed E-state index contributed by atoms with van der Waals surface area (Å²) in [6.07, 6.45) is 4.40. The third-order valence-corrected chi connectivity index (χ3v) is 11.0. The second-order valence-electron chi connectivity index (χ2n) is 14.3. The summed E-state index contributed by atoms with van der Waals surface area (Å²) in [7, 11) is 0. The molecule has 0 aromatic heterocycles. The Balaban J connectivity index is 0.000000116. The van der Waals surface area contributed by atoms with E-state index in [4.69, 9.17) is 0 Å². The molecule has 0 fully saturated rings. The van der Waals surface area contributed by atoms with E-state index in [-0.39, 0.29) is 0 Å². The fraction of sp³-hybridized carbons (Fsp3) is 0.143. The molecule has 0 bridgehead atoms. The molecular weight excluding hydrogens is 673 g/mol. The fourth-order valence-corrected chi connectivity index (χ4v) is 8.18. The fourth-order valence-electron chi connectivity index (χ4n) is 8.18. The Morgan fingerprint density at radius 3 is 0.768 bits per heavy atom. The first-order chi connectivity index (χ1) is 27.6. The lowest BCUT2D eigenvalue weighted by atomic mass is 9.95. The minimum atomic E-state index is 1.09. The molecule has 0 radical (unpaired) electrons. The van der Waals surface area contributed by atoms with Crippen LogP contribution in [0.1, 0.15) is 49.9 Å². The normalized spacial score (nSPS) is 10.8. The summed E-state index contributed by atoms with van der Waals surface area (Å²) >= 11 is 0. The molecule has 0 heteroatoms. The van der Waals surface area contributed by atoms with Crippen molar-refractivity contribution >= 4 is 64.6 Å². The number of fused-ring (bicyclic) bond motifs is 6. The molecule has 0 unspecified atom stereocenters. The van der Waals surface area contributed by atoms with E-state index in [2.05, 4.69) is 222 Å². The topological polar surface area (TPSA) is 0 Å². The van der Waals surface area contributed by atoms with Crippen LogP contribution in [0.5, 0.6) is 0 Å². The Bertz CT molecular complexity index is 2540. The summed E-state index contributed by atoms with van der Waals surface area (Å²) in [5, 5.41) is 16.4. The molecule has 0 heterocycles. The van der Waals surface area contributed by atoms with Gasteiger partial charge in [0.2, 0.25) is 0 Å². The predicted octanol–water partition coefficient (Wildman–Crippen LogP) is 15.9. The maximum atomic E-state index is 2.28. The van der Waals surface area contributed by atoms with E-state index in [0.717, 1.165) is 25.7 Å². The van der Waals surface area contributed by atoms with Crippen LogP contribution in [0, 0.1) is 0 Å². The van der Waals surface area contributed by atoms with E-state index in [1.807, 2.05) is 0 Å². The zero-order valence-corrected chi connectivity index (χ0v) is 33.3. The summed E-state index contributed by atoms with van der Waals surface area (Å²) in [5.74, 6) is 0. The van der Waals surface area contributed by atoms with E-state index < -0.39 is 0 Å². The van der Waals surface area contributed by atoms with Gasteiger partial charge >= 0.3 is 0 Å². The summed E-state index contributed by atoms with van der Waals surface area (Å²) in [6, 6.07) is 69.2. The molecule has 56 heavy (non-hydrogen) atoms. The van der Waals surface area contributed by atoms with Gasteiger partial charge in [0.05, 0.1) is 0 Å². The Hall–Kier alpha value is -6.24. The van der Waals surface area contributed by atoms with Crippen molar-refractivity contribution in [1.82, 2.24) is 0 Å². The first-order valence-electron chi connectivity index (χ1n) is 20.3. The van der Waals surface area contributed by atoms with Crippen LogP contribution in [0.3, 0.4) is 0 Å². The summed E-state index contributed by atoms with van der Waals surface area (Å²) in [5.41, 5.74) is 5.81. The number of benzene rings is 10. The quantitative estimate of drug-likeness (QED) is 0.159. The average Bonchev–Trinajstić information content (AvgIpc) is 3.27. The van der Waals surface area contributed by atoms with E-state index in [9.17, 15) is 0 Å². The molecule has 10 rings (SSSR count). The van der Waals surface area contributed by atoms with Crippen LogP contribution in [0.2, 0.25) is 0 Å². The number of aryl methyl sites for hydroxylation is 4. The largest absolute Gasteiger partial charge is 0.0616 e. The Morgan fingerprint density at radius 1 is 0.232 bits per heavy atom. The molecule has 0 amide bonds. The third kappa shape index (κ3) is 8.36. The van der Waals surface area contributed by atoms with E-state index in [0.29, 0.717) is 0 Å². The highest BCUT2D eigenvalue weighted by Gasteiger charge is 2.06. The lowest BCUT2D eigenvalue weighted by Gasteiger charge is -2.09. The van der Waals surface area contributed by atoms with Crippen molar-refractivity contribution in [2.24, 2.45) is 0 Å². The Kier molecular flexibility index (Phi) is 12.5. The lowest BCUT2D eigenvalue weighted by molar-refractivity contribution is 1.16. The zero-order chi connectivity index (χ0) is 38.7.